The van der Waals surface area contributed by atoms with Crippen LogP contribution in [-0.2, 0) is 0 Å². The van der Waals surface area contributed by atoms with E-state index in [2.05, 4.69) is 35.3 Å². The van der Waals surface area contributed by atoms with Crippen LogP contribution in [0.3, 0.4) is 0 Å². The van der Waals surface area contributed by atoms with Gasteiger partial charge in [-0.3, -0.25) is 9.13 Å². The standard InChI is InChI=1S/C31H23N7/c1-5-7-10-26-20(3)24-14-22(16-32)34-18-28(24)37(26)30-12-9-13-31(36-30)38-27(11-8-6-2)21(4)25-15-23(17-33)35-19-29(25)38/h5-15,18-19H,1-2H2,3-4H3/b10-7-,11-8-. The van der Waals surface area contributed by atoms with E-state index in [1.165, 1.54) is 0 Å². The maximum atomic E-state index is 9.40. The zero-order valence-electron chi connectivity index (χ0n) is 21.1. The second-order valence-electron chi connectivity index (χ2n) is 8.63. The predicted octanol–water partition coefficient (Wildman–Crippen LogP) is 6.52. The minimum absolute atomic E-state index is 0.357. The fraction of sp³-hybridized carbons (Fsp3) is 0.0645. The van der Waals surface area contributed by atoms with Gasteiger partial charge in [0.1, 0.15) is 35.2 Å². The SMILES string of the molecule is C=C/C=C\c1c(C)c2cc(C#N)ncc2n1-c1cccc(-n2c(/C=C\C=C)c(C)c3cc(C#N)ncc32)n1. The van der Waals surface area contributed by atoms with Crippen LogP contribution in [0.25, 0.3) is 45.6 Å². The van der Waals surface area contributed by atoms with Gasteiger partial charge in [0.15, 0.2) is 0 Å². The molecule has 0 spiro atoms. The molecule has 0 amide bonds. The van der Waals surface area contributed by atoms with Crippen molar-refractivity contribution in [2.75, 3.05) is 0 Å². The van der Waals surface area contributed by atoms with Crippen molar-refractivity contribution in [1.29, 1.82) is 10.5 Å². The number of pyridine rings is 3. The van der Waals surface area contributed by atoms with E-state index in [-0.39, 0.29) is 0 Å². The van der Waals surface area contributed by atoms with Crippen LogP contribution >= 0.6 is 0 Å². The molecule has 0 unspecified atom stereocenters. The van der Waals surface area contributed by atoms with Crippen molar-refractivity contribution in [2.45, 2.75) is 13.8 Å². The average molecular weight is 494 g/mol. The summed E-state index contributed by atoms with van der Waals surface area (Å²) >= 11 is 0. The first-order chi connectivity index (χ1) is 18.5. The van der Waals surface area contributed by atoms with Gasteiger partial charge in [-0.15, -0.1) is 0 Å². The Kier molecular flexibility index (Phi) is 6.27. The fourth-order valence-corrected chi connectivity index (χ4v) is 4.72. The maximum absolute atomic E-state index is 9.40. The largest absolute Gasteiger partial charge is 0.292 e. The first kappa shape index (κ1) is 24.2. The van der Waals surface area contributed by atoms with Crippen LogP contribution in [0.1, 0.15) is 33.9 Å². The van der Waals surface area contributed by atoms with E-state index in [1.807, 2.05) is 65.5 Å². The summed E-state index contributed by atoms with van der Waals surface area (Å²) in [7, 11) is 0. The summed E-state index contributed by atoms with van der Waals surface area (Å²) < 4.78 is 4.07. The topological polar surface area (TPSA) is 96.1 Å². The van der Waals surface area contributed by atoms with Crippen LogP contribution in [0, 0.1) is 36.5 Å². The van der Waals surface area contributed by atoms with Crippen molar-refractivity contribution in [1.82, 2.24) is 24.1 Å². The van der Waals surface area contributed by atoms with Gasteiger partial charge in [0.05, 0.1) is 34.8 Å². The van der Waals surface area contributed by atoms with E-state index in [4.69, 9.17) is 4.98 Å². The summed E-state index contributed by atoms with van der Waals surface area (Å²) in [5.41, 5.74) is 6.26. The molecule has 5 aromatic rings. The molecule has 0 bridgehead atoms. The lowest BCUT2D eigenvalue weighted by Gasteiger charge is -2.13. The Morgan fingerprint density at radius 3 is 1.61 bits per heavy atom. The van der Waals surface area contributed by atoms with Gasteiger partial charge >= 0.3 is 0 Å². The second kappa shape index (κ2) is 9.85. The van der Waals surface area contributed by atoms with Crippen LogP contribution in [-0.4, -0.2) is 24.1 Å². The molecule has 0 aliphatic rings. The van der Waals surface area contributed by atoms with E-state index in [0.717, 1.165) is 44.3 Å². The molecule has 0 aliphatic carbocycles. The number of rotatable bonds is 6. The molecule has 0 N–H and O–H groups in total. The molecular weight excluding hydrogens is 470 g/mol. The summed E-state index contributed by atoms with van der Waals surface area (Å²) in [6.45, 7) is 11.7. The molecule has 7 heteroatoms. The minimum Gasteiger partial charge on any atom is -0.292 e. The van der Waals surface area contributed by atoms with Gasteiger partial charge in [0.25, 0.3) is 0 Å². The van der Waals surface area contributed by atoms with Crippen LogP contribution in [0.2, 0.25) is 0 Å². The summed E-state index contributed by atoms with van der Waals surface area (Å²) in [5.74, 6) is 1.38. The molecule has 182 valence electrons. The predicted molar refractivity (Wildman–Crippen MR) is 151 cm³/mol. The Morgan fingerprint density at radius 2 is 1.21 bits per heavy atom. The minimum atomic E-state index is 0.357. The molecule has 0 saturated heterocycles. The van der Waals surface area contributed by atoms with Gasteiger partial charge < -0.3 is 0 Å². The number of fused-ring (bicyclic) bond motifs is 2. The first-order valence-electron chi connectivity index (χ1n) is 11.9. The van der Waals surface area contributed by atoms with Crippen LogP contribution < -0.4 is 0 Å². The molecule has 0 aliphatic heterocycles. The van der Waals surface area contributed by atoms with Crippen molar-refractivity contribution < 1.29 is 0 Å². The van der Waals surface area contributed by atoms with Crippen molar-refractivity contribution in [3.05, 3.63) is 114 Å². The quantitative estimate of drug-likeness (QED) is 0.251. The fourth-order valence-electron chi connectivity index (χ4n) is 4.72. The third-order valence-electron chi connectivity index (χ3n) is 6.49. The van der Waals surface area contributed by atoms with Crippen molar-refractivity contribution >= 4 is 34.0 Å². The second-order valence-corrected chi connectivity index (χ2v) is 8.63. The molecule has 0 radical (unpaired) electrons. The van der Waals surface area contributed by atoms with E-state index < -0.39 is 0 Å². The number of hydrogen-bond acceptors (Lipinski definition) is 5. The smallest absolute Gasteiger partial charge is 0.141 e. The average Bonchev–Trinajstić information content (AvgIpc) is 3.39. The zero-order valence-corrected chi connectivity index (χ0v) is 21.1. The highest BCUT2D eigenvalue weighted by atomic mass is 15.1. The highest BCUT2D eigenvalue weighted by Crippen LogP contribution is 2.32. The highest BCUT2D eigenvalue weighted by Gasteiger charge is 2.19. The van der Waals surface area contributed by atoms with Gasteiger partial charge in [-0.2, -0.15) is 10.5 Å². The summed E-state index contributed by atoms with van der Waals surface area (Å²) in [6, 6.07) is 13.7. The van der Waals surface area contributed by atoms with Gasteiger partial charge in [-0.1, -0.05) is 43.5 Å². The van der Waals surface area contributed by atoms with Crippen LogP contribution in [0.15, 0.2) is 80.2 Å². The van der Waals surface area contributed by atoms with E-state index in [0.29, 0.717) is 23.0 Å². The Bertz CT molecular complexity index is 1760. The molecule has 0 atom stereocenters. The lowest BCUT2D eigenvalue weighted by Crippen LogP contribution is -2.06. The zero-order chi connectivity index (χ0) is 26.8. The molecule has 7 nitrogen and oxygen atoms in total. The molecular formula is C31H23N7. The molecule has 0 saturated carbocycles. The number of hydrogen-bond donors (Lipinski definition) is 0. The van der Waals surface area contributed by atoms with Gasteiger partial charge in [0, 0.05) is 10.8 Å². The van der Waals surface area contributed by atoms with E-state index in [1.54, 1.807) is 36.7 Å². The number of aromatic nitrogens is 5. The molecule has 38 heavy (non-hydrogen) atoms. The van der Waals surface area contributed by atoms with Crippen LogP contribution in [0.4, 0.5) is 0 Å². The Hall–Kier alpha value is -5.53. The Labute approximate surface area is 220 Å². The van der Waals surface area contributed by atoms with E-state index in [9.17, 15) is 10.5 Å². The summed E-state index contributed by atoms with van der Waals surface area (Å²) in [5, 5.41) is 20.7. The molecule has 5 aromatic heterocycles. The number of nitrogens with zero attached hydrogens (tertiary/aromatic N) is 7. The molecule has 5 heterocycles. The highest BCUT2D eigenvalue weighted by molar-refractivity contribution is 5.91. The monoisotopic (exact) mass is 493 g/mol. The summed E-state index contributed by atoms with van der Waals surface area (Å²) in [6.07, 6.45) is 14.6. The lowest BCUT2D eigenvalue weighted by molar-refractivity contribution is 0.959. The third-order valence-corrected chi connectivity index (χ3v) is 6.49. The van der Waals surface area contributed by atoms with Crippen molar-refractivity contribution in [2.24, 2.45) is 0 Å². The number of nitriles is 2. The van der Waals surface area contributed by atoms with Crippen LogP contribution in [0.5, 0.6) is 0 Å². The third kappa shape index (κ3) is 3.89. The van der Waals surface area contributed by atoms with Gasteiger partial charge in [0.2, 0.25) is 0 Å². The Balaban J connectivity index is 1.81. The maximum Gasteiger partial charge on any atom is 0.141 e. The van der Waals surface area contributed by atoms with E-state index >= 15 is 0 Å². The Morgan fingerprint density at radius 1 is 0.763 bits per heavy atom. The van der Waals surface area contributed by atoms with Crippen molar-refractivity contribution in [3.63, 3.8) is 0 Å². The van der Waals surface area contributed by atoms with Gasteiger partial charge in [-0.05, 0) is 61.4 Å². The number of allylic oxidation sites excluding steroid dienone is 4. The van der Waals surface area contributed by atoms with Gasteiger partial charge in [-0.25, -0.2) is 15.0 Å². The first-order valence-corrected chi connectivity index (χ1v) is 11.9. The lowest BCUT2D eigenvalue weighted by atomic mass is 10.1. The molecule has 0 fully saturated rings. The van der Waals surface area contributed by atoms with Crippen molar-refractivity contribution in [3.8, 4) is 23.8 Å². The normalized spacial score (nSPS) is 11.4. The summed E-state index contributed by atoms with van der Waals surface area (Å²) in [4.78, 5) is 13.7. The molecule has 5 rings (SSSR count). The molecule has 0 aromatic carbocycles. The number of aryl methyl sites for hydroxylation is 2.